The lowest BCUT2D eigenvalue weighted by Crippen LogP contribution is -2.25. The molecule has 1 amide bonds. The number of carbonyl (C=O) groups is 1. The van der Waals surface area contributed by atoms with E-state index < -0.39 is 11.5 Å². The number of fused-ring (bicyclic) bond motifs is 2. The van der Waals surface area contributed by atoms with Crippen molar-refractivity contribution in [2.24, 2.45) is 0 Å². The van der Waals surface area contributed by atoms with Gasteiger partial charge in [0.05, 0.1) is 5.69 Å². The molecule has 0 spiro atoms. The molecule has 1 aliphatic rings. The van der Waals surface area contributed by atoms with Crippen LogP contribution in [0, 0.1) is 0 Å². The number of ether oxygens (including phenoxy) is 2. The van der Waals surface area contributed by atoms with Crippen molar-refractivity contribution < 1.29 is 14.3 Å². The predicted octanol–water partition coefficient (Wildman–Crippen LogP) is 2.86. The van der Waals surface area contributed by atoms with E-state index >= 15 is 0 Å². The highest BCUT2D eigenvalue weighted by atomic mass is 32.1. The smallest absolute Gasteiger partial charge is 0.271 e. The maximum Gasteiger partial charge on any atom is 0.271 e. The Kier molecular flexibility index (Phi) is 3.66. The molecular weight excluding hydrogens is 388 g/mol. The highest BCUT2D eigenvalue weighted by Crippen LogP contribution is 2.36. The molecular formula is C17H10N4O4S2. The molecule has 4 aromatic rings. The lowest BCUT2D eigenvalue weighted by Gasteiger charge is -2.02. The number of rotatable bonds is 3. The van der Waals surface area contributed by atoms with Crippen LogP contribution in [0.1, 0.15) is 10.4 Å². The molecule has 1 N–H and O–H groups in total. The van der Waals surface area contributed by atoms with Crippen LogP contribution in [0.25, 0.3) is 16.2 Å². The Hall–Kier alpha value is -3.24. The number of hydrogen-bond acceptors (Lipinski definition) is 8. The highest BCUT2D eigenvalue weighted by Gasteiger charge is 2.17. The summed E-state index contributed by atoms with van der Waals surface area (Å²) in [6.45, 7) is 0.204. The third-order valence-electron chi connectivity index (χ3n) is 3.98. The fourth-order valence-electron chi connectivity index (χ4n) is 2.66. The van der Waals surface area contributed by atoms with Crippen LogP contribution in [-0.4, -0.2) is 27.1 Å². The zero-order chi connectivity index (χ0) is 18.4. The number of carbonyl (C=O) groups excluding carboxylic acids is 1. The van der Waals surface area contributed by atoms with Gasteiger partial charge in [-0.25, -0.2) is 9.97 Å². The van der Waals surface area contributed by atoms with Gasteiger partial charge in [0.1, 0.15) is 5.56 Å². The van der Waals surface area contributed by atoms with Gasteiger partial charge in [-0.15, -0.1) is 22.7 Å². The second-order valence-corrected chi connectivity index (χ2v) is 7.32. The number of nitrogens with one attached hydrogen (secondary N) is 1. The standard InChI is InChI=1S/C17H10N4O4S2/c22-14(10-6-18-17-21(15(10)23)3-4-26-17)20-16-19-11(7-27-16)9-1-2-12-13(5-9)25-8-24-12/h1-7H,8H2,(H,19,20,22). The van der Waals surface area contributed by atoms with Gasteiger partial charge in [0, 0.05) is 28.7 Å². The Labute approximate surface area is 159 Å². The number of nitrogens with zero attached hydrogens (tertiary/aromatic N) is 3. The zero-order valence-electron chi connectivity index (χ0n) is 13.5. The summed E-state index contributed by atoms with van der Waals surface area (Å²) in [4.78, 5) is 33.9. The van der Waals surface area contributed by atoms with E-state index in [0.29, 0.717) is 27.3 Å². The summed E-state index contributed by atoms with van der Waals surface area (Å²) >= 11 is 2.60. The maximum atomic E-state index is 12.5. The minimum absolute atomic E-state index is 0.0364. The molecule has 3 aromatic heterocycles. The number of benzene rings is 1. The molecule has 4 heterocycles. The van der Waals surface area contributed by atoms with Gasteiger partial charge in [-0.3, -0.25) is 19.3 Å². The van der Waals surface area contributed by atoms with Crippen molar-refractivity contribution in [1.29, 1.82) is 0 Å². The van der Waals surface area contributed by atoms with Gasteiger partial charge >= 0.3 is 0 Å². The lowest BCUT2D eigenvalue weighted by atomic mass is 10.1. The Morgan fingerprint density at radius 2 is 2.11 bits per heavy atom. The topological polar surface area (TPSA) is 94.8 Å². The van der Waals surface area contributed by atoms with E-state index in [2.05, 4.69) is 15.3 Å². The molecule has 5 rings (SSSR count). The minimum atomic E-state index is -0.542. The van der Waals surface area contributed by atoms with Gasteiger partial charge in [0.15, 0.2) is 21.6 Å². The Balaban J connectivity index is 1.40. The van der Waals surface area contributed by atoms with Crippen LogP contribution >= 0.6 is 22.7 Å². The number of amides is 1. The largest absolute Gasteiger partial charge is 0.454 e. The summed E-state index contributed by atoms with van der Waals surface area (Å²) in [5.74, 6) is 0.813. The quantitative estimate of drug-likeness (QED) is 0.570. The number of thiazole rings is 2. The SMILES string of the molecule is O=C(Nc1nc(-c2ccc3c(c2)OCO3)cs1)c1cnc2sccn2c1=O. The van der Waals surface area contributed by atoms with E-state index in [1.54, 1.807) is 11.6 Å². The first-order valence-corrected chi connectivity index (χ1v) is 9.57. The summed E-state index contributed by atoms with van der Waals surface area (Å²) in [6, 6.07) is 5.52. The van der Waals surface area contributed by atoms with Crippen LogP contribution in [0.4, 0.5) is 5.13 Å². The molecule has 1 aliphatic heterocycles. The molecule has 27 heavy (non-hydrogen) atoms. The summed E-state index contributed by atoms with van der Waals surface area (Å²) < 4.78 is 12.0. The summed E-state index contributed by atoms with van der Waals surface area (Å²) in [5.41, 5.74) is 1.09. The molecule has 10 heteroatoms. The van der Waals surface area contributed by atoms with Crippen LogP contribution < -0.4 is 20.3 Å². The first kappa shape index (κ1) is 16.0. The Bertz CT molecular complexity index is 1240. The van der Waals surface area contributed by atoms with Gasteiger partial charge in [0.25, 0.3) is 11.5 Å². The van der Waals surface area contributed by atoms with E-state index in [-0.39, 0.29) is 12.4 Å². The van der Waals surface area contributed by atoms with Crippen LogP contribution in [0.3, 0.4) is 0 Å². The van der Waals surface area contributed by atoms with Crippen LogP contribution in [0.2, 0.25) is 0 Å². The van der Waals surface area contributed by atoms with E-state index in [4.69, 9.17) is 9.47 Å². The molecule has 134 valence electrons. The van der Waals surface area contributed by atoms with Crippen molar-refractivity contribution in [1.82, 2.24) is 14.4 Å². The van der Waals surface area contributed by atoms with Gasteiger partial charge in [0.2, 0.25) is 6.79 Å². The Morgan fingerprint density at radius 3 is 3.04 bits per heavy atom. The number of anilines is 1. The van der Waals surface area contributed by atoms with Crippen molar-refractivity contribution >= 4 is 38.7 Å². The molecule has 0 unspecified atom stereocenters. The van der Waals surface area contributed by atoms with E-state index in [0.717, 1.165) is 5.56 Å². The van der Waals surface area contributed by atoms with Crippen molar-refractivity contribution in [2.45, 2.75) is 0 Å². The molecule has 0 radical (unpaired) electrons. The van der Waals surface area contributed by atoms with Gasteiger partial charge in [-0.1, -0.05) is 0 Å². The van der Waals surface area contributed by atoms with Gasteiger partial charge in [-0.2, -0.15) is 0 Å². The van der Waals surface area contributed by atoms with Crippen LogP contribution in [0.5, 0.6) is 11.5 Å². The van der Waals surface area contributed by atoms with Crippen molar-refractivity contribution in [3.63, 3.8) is 0 Å². The lowest BCUT2D eigenvalue weighted by molar-refractivity contribution is 0.102. The maximum absolute atomic E-state index is 12.5. The first-order valence-electron chi connectivity index (χ1n) is 7.81. The van der Waals surface area contributed by atoms with E-state index in [1.807, 2.05) is 23.6 Å². The first-order chi connectivity index (χ1) is 13.2. The van der Waals surface area contributed by atoms with Crippen molar-refractivity contribution in [2.75, 3.05) is 12.1 Å². The number of hydrogen-bond donors (Lipinski definition) is 1. The van der Waals surface area contributed by atoms with Gasteiger partial charge in [-0.05, 0) is 18.2 Å². The summed E-state index contributed by atoms with van der Waals surface area (Å²) in [5, 5.41) is 6.61. The van der Waals surface area contributed by atoms with E-state index in [1.165, 1.54) is 33.3 Å². The zero-order valence-corrected chi connectivity index (χ0v) is 15.2. The average Bonchev–Trinajstić information content (AvgIpc) is 3.41. The fraction of sp³-hybridized carbons (Fsp3) is 0.0588. The average molecular weight is 398 g/mol. The normalized spacial score (nSPS) is 12.4. The van der Waals surface area contributed by atoms with E-state index in [9.17, 15) is 9.59 Å². The minimum Gasteiger partial charge on any atom is -0.454 e. The number of aromatic nitrogens is 3. The van der Waals surface area contributed by atoms with Gasteiger partial charge < -0.3 is 9.47 Å². The van der Waals surface area contributed by atoms with Crippen LogP contribution in [-0.2, 0) is 0 Å². The fourth-order valence-corrected chi connectivity index (χ4v) is 4.05. The Morgan fingerprint density at radius 1 is 1.22 bits per heavy atom. The van der Waals surface area contributed by atoms with Crippen molar-refractivity contribution in [3.05, 3.63) is 57.3 Å². The third kappa shape index (κ3) is 2.75. The van der Waals surface area contributed by atoms with Crippen molar-refractivity contribution in [3.8, 4) is 22.8 Å². The molecule has 0 atom stereocenters. The summed E-state index contributed by atoms with van der Waals surface area (Å²) in [6.07, 6.45) is 2.88. The third-order valence-corrected chi connectivity index (χ3v) is 5.51. The molecule has 0 fully saturated rings. The molecule has 8 nitrogen and oxygen atoms in total. The van der Waals surface area contributed by atoms with Crippen LogP contribution in [0.15, 0.2) is 46.1 Å². The summed E-state index contributed by atoms with van der Waals surface area (Å²) in [7, 11) is 0. The second-order valence-electron chi connectivity index (χ2n) is 5.59. The second kappa shape index (κ2) is 6.18. The monoisotopic (exact) mass is 398 g/mol. The molecule has 0 saturated heterocycles. The highest BCUT2D eigenvalue weighted by molar-refractivity contribution is 7.15. The molecule has 0 bridgehead atoms. The molecule has 0 aliphatic carbocycles. The predicted molar refractivity (Wildman–Crippen MR) is 101 cm³/mol. The molecule has 1 aromatic carbocycles. The molecule has 0 saturated carbocycles.